The van der Waals surface area contributed by atoms with Gasteiger partial charge in [0.25, 0.3) is 11.5 Å². The lowest BCUT2D eigenvalue weighted by Crippen LogP contribution is -2.32. The monoisotopic (exact) mass is 414 g/mol. The normalized spacial score (nSPS) is 14.5. The third-order valence-corrected chi connectivity index (χ3v) is 5.73. The largest absolute Gasteiger partial charge is 0.469 e. The third kappa shape index (κ3) is 3.83. The van der Waals surface area contributed by atoms with Gasteiger partial charge in [0.05, 0.1) is 30.5 Å². The lowest BCUT2D eigenvalue weighted by atomic mass is 10.1. The molecule has 4 rings (SSSR count). The number of aromatic nitrogens is 3. The zero-order chi connectivity index (χ0) is 20.5. The molecule has 1 saturated carbocycles. The first-order valence-corrected chi connectivity index (χ1v) is 9.91. The highest BCUT2D eigenvalue weighted by atomic mass is 32.1. The minimum Gasteiger partial charge on any atom is -0.469 e. The van der Waals surface area contributed by atoms with Gasteiger partial charge in [0.2, 0.25) is 0 Å². The second-order valence-electron chi connectivity index (χ2n) is 6.78. The minimum atomic E-state index is -0.589. The van der Waals surface area contributed by atoms with E-state index in [1.54, 1.807) is 0 Å². The molecule has 0 aliphatic heterocycles. The fraction of sp³-hybridized carbons (Fsp3) is 0.316. The third-order valence-electron chi connectivity index (χ3n) is 4.74. The Balaban J connectivity index is 1.66. The summed E-state index contributed by atoms with van der Waals surface area (Å²) >= 11 is 1.41. The standard InChI is InChI=1S/C19H18N4O5S/c1-28-15(24)8-13(14-3-2-6-29-14)21-17(25)10-7-12-16(20-9-10)23(11-4-5-11)19(27)22-18(12)26/h2-3,6-7,9,11,13H,4-5,8H2,1H3,(H,21,25)(H,22,26,27)/t13-/m0/s1. The van der Waals surface area contributed by atoms with Crippen molar-refractivity contribution in [2.24, 2.45) is 0 Å². The first-order chi connectivity index (χ1) is 14.0. The van der Waals surface area contributed by atoms with Crippen molar-refractivity contribution >= 4 is 34.2 Å². The van der Waals surface area contributed by atoms with E-state index in [0.717, 1.165) is 17.7 Å². The first kappa shape index (κ1) is 19.1. The maximum atomic E-state index is 12.8. The number of rotatable bonds is 6. The van der Waals surface area contributed by atoms with Crippen LogP contribution < -0.4 is 16.6 Å². The number of H-pyrrole nitrogens is 1. The molecule has 1 atom stereocenters. The Morgan fingerprint density at radius 2 is 2.21 bits per heavy atom. The van der Waals surface area contributed by atoms with E-state index in [1.807, 2.05) is 17.5 Å². The van der Waals surface area contributed by atoms with E-state index >= 15 is 0 Å². The molecule has 29 heavy (non-hydrogen) atoms. The summed E-state index contributed by atoms with van der Waals surface area (Å²) in [7, 11) is 1.29. The predicted molar refractivity (Wildman–Crippen MR) is 106 cm³/mol. The van der Waals surface area contributed by atoms with Crippen LogP contribution in [0.3, 0.4) is 0 Å². The van der Waals surface area contributed by atoms with Crippen LogP contribution in [-0.2, 0) is 9.53 Å². The van der Waals surface area contributed by atoms with E-state index in [1.165, 1.54) is 35.3 Å². The molecule has 0 spiro atoms. The number of hydrogen-bond donors (Lipinski definition) is 2. The summed E-state index contributed by atoms with van der Waals surface area (Å²) in [4.78, 5) is 56.2. The highest BCUT2D eigenvalue weighted by Gasteiger charge is 2.28. The Labute approximate surface area is 168 Å². The van der Waals surface area contributed by atoms with E-state index in [-0.39, 0.29) is 29.1 Å². The number of nitrogens with one attached hydrogen (secondary N) is 2. The number of carbonyl (C=O) groups is 2. The molecule has 0 radical (unpaired) electrons. The zero-order valence-corrected chi connectivity index (χ0v) is 16.3. The molecule has 3 aromatic rings. The number of carbonyl (C=O) groups excluding carboxylic acids is 2. The summed E-state index contributed by atoms with van der Waals surface area (Å²) in [6.07, 6.45) is 3.01. The Kier molecular flexibility index (Phi) is 5.01. The summed E-state index contributed by atoms with van der Waals surface area (Å²) in [5.41, 5.74) is -0.656. The summed E-state index contributed by atoms with van der Waals surface area (Å²) in [6, 6.07) is 4.51. The molecule has 0 aromatic carbocycles. The Morgan fingerprint density at radius 3 is 2.86 bits per heavy atom. The Bertz CT molecular complexity index is 1190. The molecule has 0 unspecified atom stereocenters. The second kappa shape index (κ2) is 7.63. The fourth-order valence-corrected chi connectivity index (χ4v) is 3.91. The van der Waals surface area contributed by atoms with E-state index < -0.39 is 29.2 Å². The van der Waals surface area contributed by atoms with Crippen LogP contribution in [0.15, 0.2) is 39.4 Å². The van der Waals surface area contributed by atoms with Crippen molar-refractivity contribution in [3.63, 3.8) is 0 Å². The summed E-state index contributed by atoms with van der Waals surface area (Å²) in [6.45, 7) is 0. The highest BCUT2D eigenvalue weighted by molar-refractivity contribution is 7.10. The average molecular weight is 414 g/mol. The van der Waals surface area contributed by atoms with Crippen LogP contribution in [0.1, 0.15) is 46.6 Å². The van der Waals surface area contributed by atoms with Gasteiger partial charge in [-0.05, 0) is 30.4 Å². The number of nitrogens with zero attached hydrogens (tertiary/aromatic N) is 2. The maximum Gasteiger partial charge on any atom is 0.330 e. The van der Waals surface area contributed by atoms with Crippen molar-refractivity contribution in [2.75, 3.05) is 7.11 Å². The lowest BCUT2D eigenvalue weighted by Gasteiger charge is -2.16. The van der Waals surface area contributed by atoms with E-state index in [4.69, 9.17) is 4.74 Å². The van der Waals surface area contributed by atoms with Crippen LogP contribution in [-0.4, -0.2) is 33.5 Å². The van der Waals surface area contributed by atoms with Crippen LogP contribution in [0, 0.1) is 0 Å². The van der Waals surface area contributed by atoms with Crippen LogP contribution in [0.4, 0.5) is 0 Å². The number of ether oxygens (including phenoxy) is 1. The number of fused-ring (bicyclic) bond motifs is 1. The van der Waals surface area contributed by atoms with Crippen LogP contribution >= 0.6 is 11.3 Å². The van der Waals surface area contributed by atoms with Crippen molar-refractivity contribution in [1.82, 2.24) is 19.9 Å². The molecule has 1 fully saturated rings. The number of methoxy groups -OCH3 is 1. The molecule has 3 heterocycles. The molecule has 1 amide bonds. The van der Waals surface area contributed by atoms with Crippen molar-refractivity contribution in [3.05, 3.63) is 61.1 Å². The van der Waals surface area contributed by atoms with E-state index in [2.05, 4.69) is 15.3 Å². The Hall–Kier alpha value is -3.27. The minimum absolute atomic E-state index is 0.0223. The summed E-state index contributed by atoms with van der Waals surface area (Å²) in [5.74, 6) is -0.935. The fourth-order valence-electron chi connectivity index (χ4n) is 3.14. The molecule has 3 aromatic heterocycles. The first-order valence-electron chi connectivity index (χ1n) is 9.03. The zero-order valence-electron chi connectivity index (χ0n) is 15.5. The SMILES string of the molecule is COC(=O)C[C@H](NC(=O)c1cnc2c(c1)c(=O)[nH]c(=O)n2C1CC1)c1cccs1. The highest BCUT2D eigenvalue weighted by Crippen LogP contribution is 2.34. The molecule has 9 nitrogen and oxygen atoms in total. The van der Waals surface area contributed by atoms with Gasteiger partial charge in [-0.25, -0.2) is 9.78 Å². The van der Waals surface area contributed by atoms with Crippen molar-refractivity contribution in [2.45, 2.75) is 31.3 Å². The summed E-state index contributed by atoms with van der Waals surface area (Å²) < 4.78 is 6.18. The van der Waals surface area contributed by atoms with Crippen molar-refractivity contribution in [1.29, 1.82) is 0 Å². The van der Waals surface area contributed by atoms with E-state index in [0.29, 0.717) is 0 Å². The number of thiophene rings is 1. The topological polar surface area (TPSA) is 123 Å². The summed E-state index contributed by atoms with van der Waals surface area (Å²) in [5, 5.41) is 4.81. The Morgan fingerprint density at radius 1 is 1.41 bits per heavy atom. The number of aromatic amines is 1. The van der Waals surface area contributed by atoms with Crippen LogP contribution in [0.5, 0.6) is 0 Å². The van der Waals surface area contributed by atoms with Gasteiger partial charge in [0.1, 0.15) is 5.65 Å². The van der Waals surface area contributed by atoms with Crippen LogP contribution in [0.2, 0.25) is 0 Å². The van der Waals surface area contributed by atoms with Crippen LogP contribution in [0.25, 0.3) is 11.0 Å². The molecule has 1 aliphatic carbocycles. The molecule has 0 bridgehead atoms. The van der Waals surface area contributed by atoms with Gasteiger partial charge in [0.15, 0.2) is 0 Å². The second-order valence-corrected chi connectivity index (χ2v) is 7.76. The van der Waals surface area contributed by atoms with Gasteiger partial charge >= 0.3 is 11.7 Å². The smallest absolute Gasteiger partial charge is 0.330 e. The van der Waals surface area contributed by atoms with Gasteiger partial charge in [0, 0.05) is 17.1 Å². The number of hydrogen-bond acceptors (Lipinski definition) is 7. The molecular weight excluding hydrogens is 396 g/mol. The van der Waals surface area contributed by atoms with Crippen molar-refractivity contribution in [3.8, 4) is 0 Å². The molecule has 2 N–H and O–H groups in total. The molecule has 150 valence electrons. The van der Waals surface area contributed by atoms with Gasteiger partial charge in [-0.15, -0.1) is 11.3 Å². The number of pyridine rings is 1. The molecule has 1 aliphatic rings. The quantitative estimate of drug-likeness (QED) is 0.590. The maximum absolute atomic E-state index is 12.8. The van der Waals surface area contributed by atoms with Gasteiger partial charge in [-0.3, -0.25) is 23.9 Å². The molecule has 10 heteroatoms. The average Bonchev–Trinajstić information content (AvgIpc) is 3.38. The van der Waals surface area contributed by atoms with Gasteiger partial charge in [-0.1, -0.05) is 6.07 Å². The predicted octanol–water partition coefficient (Wildman–Crippen LogP) is 1.52. The molecular formula is C19H18N4O5S. The van der Waals surface area contributed by atoms with Crippen molar-refractivity contribution < 1.29 is 14.3 Å². The van der Waals surface area contributed by atoms with Gasteiger partial charge in [-0.2, -0.15) is 0 Å². The number of amides is 1. The van der Waals surface area contributed by atoms with E-state index in [9.17, 15) is 19.2 Å². The lowest BCUT2D eigenvalue weighted by molar-refractivity contribution is -0.141. The van der Waals surface area contributed by atoms with Gasteiger partial charge < -0.3 is 10.1 Å². The number of esters is 1. The molecule has 0 saturated heterocycles.